The molecule has 0 saturated carbocycles. The Morgan fingerprint density at radius 1 is 0.795 bits per heavy atom. The summed E-state index contributed by atoms with van der Waals surface area (Å²) in [6.07, 6.45) is 0.517. The Balaban J connectivity index is 2.12. The van der Waals surface area contributed by atoms with E-state index in [2.05, 4.69) is 30.7 Å². The van der Waals surface area contributed by atoms with Crippen LogP contribution in [0.25, 0.3) is 17.2 Å². The van der Waals surface area contributed by atoms with E-state index in [9.17, 15) is 26.3 Å². The molecule has 0 aliphatic rings. The van der Waals surface area contributed by atoms with Crippen LogP contribution in [0.3, 0.4) is 0 Å². The molecular weight excluding hydrogens is 625 g/mol. The van der Waals surface area contributed by atoms with Crippen LogP contribution in [0.4, 0.5) is 26.3 Å². The Hall–Kier alpha value is -2.11. The van der Waals surface area contributed by atoms with Crippen LogP contribution in [0.15, 0.2) is 36.8 Å². The number of alkyl halides is 6. The van der Waals surface area contributed by atoms with E-state index in [4.69, 9.17) is 4.98 Å². The number of hydrogen-bond acceptors (Lipinski definition) is 3. The molecule has 3 aromatic rings. The summed E-state index contributed by atoms with van der Waals surface area (Å²) >= 11 is -2.96. The van der Waals surface area contributed by atoms with Crippen LogP contribution in [0.1, 0.15) is 76.1 Å². The number of imidazole rings is 1. The number of rotatable bonds is 12. The van der Waals surface area contributed by atoms with Gasteiger partial charge in [-0.15, -0.1) is 0 Å². The van der Waals surface area contributed by atoms with E-state index < -0.39 is 42.0 Å². The fourth-order valence-corrected chi connectivity index (χ4v) is 20.3. The van der Waals surface area contributed by atoms with Crippen molar-refractivity contribution in [3.8, 4) is 17.2 Å². The normalized spacial score (nSPS) is 12.8. The van der Waals surface area contributed by atoms with Gasteiger partial charge in [-0.2, -0.15) is 0 Å². The molecule has 0 aliphatic heterocycles. The van der Waals surface area contributed by atoms with Gasteiger partial charge in [0.1, 0.15) is 0 Å². The molecular formula is C28H36F6N4Sn. The van der Waals surface area contributed by atoms with Gasteiger partial charge in [0.05, 0.1) is 0 Å². The van der Waals surface area contributed by atoms with E-state index in [0.29, 0.717) is 0 Å². The summed E-state index contributed by atoms with van der Waals surface area (Å²) in [7, 11) is 0. The molecule has 3 rings (SSSR count). The Bertz CT molecular complexity index is 1210. The van der Waals surface area contributed by atoms with Crippen molar-refractivity contribution in [1.29, 1.82) is 0 Å². The van der Waals surface area contributed by atoms with Crippen LogP contribution in [-0.4, -0.2) is 37.9 Å². The van der Waals surface area contributed by atoms with Crippen molar-refractivity contribution in [1.82, 2.24) is 19.5 Å². The summed E-state index contributed by atoms with van der Waals surface area (Å²) in [6.45, 7) is 7.76. The summed E-state index contributed by atoms with van der Waals surface area (Å²) in [5.41, 5.74) is -2.05. The predicted octanol–water partition coefficient (Wildman–Crippen LogP) is 8.73. The second kappa shape index (κ2) is 13.0. The summed E-state index contributed by atoms with van der Waals surface area (Å²) in [6, 6.07) is 3.99. The third kappa shape index (κ3) is 7.76. The molecule has 1 aromatic carbocycles. The number of aryl methyl sites for hydroxylation is 1. The SMILES string of the molecule is CCC[CH2][Sn]([CH2]CCC)([CH2]CCC)[c]1cn(-c2nc(-c3ccc(C(F)(F)F)c(C)c3)cc(C(F)(F)F)n2)cn1. The minimum atomic E-state index is -4.76. The Morgan fingerprint density at radius 3 is 1.87 bits per heavy atom. The van der Waals surface area contributed by atoms with Crippen LogP contribution < -0.4 is 3.71 Å². The number of aromatic nitrogens is 4. The summed E-state index contributed by atoms with van der Waals surface area (Å²) in [5.74, 6) is -0.196. The summed E-state index contributed by atoms with van der Waals surface area (Å²) in [5, 5.41) is 0. The second-order valence-electron chi connectivity index (χ2n) is 10.2. The first kappa shape index (κ1) is 31.4. The molecule has 0 fully saturated rings. The maximum atomic E-state index is 13.8. The van der Waals surface area contributed by atoms with Gasteiger partial charge < -0.3 is 0 Å². The quantitative estimate of drug-likeness (QED) is 0.144. The van der Waals surface area contributed by atoms with E-state index in [1.165, 1.54) is 23.9 Å². The molecule has 0 aliphatic carbocycles. The summed E-state index contributed by atoms with van der Waals surface area (Å²) in [4.78, 5) is 12.9. The van der Waals surface area contributed by atoms with E-state index in [-0.39, 0.29) is 22.8 Å². The van der Waals surface area contributed by atoms with Gasteiger partial charge in [-0.3, -0.25) is 0 Å². The number of halogens is 6. The number of nitrogens with zero attached hydrogens (tertiary/aromatic N) is 4. The van der Waals surface area contributed by atoms with Crippen molar-refractivity contribution < 1.29 is 26.3 Å². The van der Waals surface area contributed by atoms with Gasteiger partial charge in [0.25, 0.3) is 0 Å². The van der Waals surface area contributed by atoms with Gasteiger partial charge in [-0.05, 0) is 0 Å². The van der Waals surface area contributed by atoms with Gasteiger partial charge in [-0.1, -0.05) is 0 Å². The molecule has 0 unspecified atom stereocenters. The molecule has 2 aromatic heterocycles. The molecule has 0 bridgehead atoms. The first-order valence-electron chi connectivity index (χ1n) is 13.5. The standard InChI is InChI=1S/C16H9F6N4.3C4H9.Sn/c1-9-6-10(2-3-11(9)15(17,18)19)12-7-13(16(20,21)22)25-14(24-12)26-5-4-23-8-26;3*1-3-4-2;/h2-3,5-8H,1H3;3*1,3-4H2,2H3;. The fraction of sp³-hybridized carbons (Fsp3) is 0.536. The van der Waals surface area contributed by atoms with Crippen molar-refractivity contribution in [3.05, 3.63) is 53.6 Å². The van der Waals surface area contributed by atoms with Gasteiger partial charge in [0, 0.05) is 0 Å². The molecule has 2 heterocycles. The number of benzene rings is 1. The van der Waals surface area contributed by atoms with Crippen LogP contribution in [-0.2, 0) is 12.4 Å². The van der Waals surface area contributed by atoms with E-state index in [0.717, 1.165) is 73.7 Å². The average Bonchev–Trinajstić information content (AvgIpc) is 3.38. The first-order valence-corrected chi connectivity index (χ1v) is 21.0. The van der Waals surface area contributed by atoms with Crippen molar-refractivity contribution in [3.63, 3.8) is 0 Å². The maximum absolute atomic E-state index is 13.8. The molecule has 0 amide bonds. The zero-order valence-electron chi connectivity index (χ0n) is 22.9. The Morgan fingerprint density at radius 2 is 1.38 bits per heavy atom. The van der Waals surface area contributed by atoms with Crippen molar-refractivity contribution in [2.75, 3.05) is 0 Å². The molecule has 39 heavy (non-hydrogen) atoms. The van der Waals surface area contributed by atoms with Crippen molar-refractivity contribution in [2.24, 2.45) is 0 Å². The van der Waals surface area contributed by atoms with Crippen molar-refractivity contribution >= 4 is 22.1 Å². The monoisotopic (exact) mass is 662 g/mol. The summed E-state index contributed by atoms with van der Waals surface area (Å²) < 4.78 is 87.1. The van der Waals surface area contributed by atoms with Gasteiger partial charge in [-0.25, -0.2) is 0 Å². The number of hydrogen-bond donors (Lipinski definition) is 0. The van der Waals surface area contributed by atoms with Gasteiger partial charge in [0.2, 0.25) is 0 Å². The van der Waals surface area contributed by atoms with Gasteiger partial charge >= 0.3 is 231 Å². The molecule has 0 saturated heterocycles. The third-order valence-corrected chi connectivity index (χ3v) is 22.3. The second-order valence-corrected chi connectivity index (χ2v) is 23.3. The zero-order chi connectivity index (χ0) is 28.8. The molecule has 4 nitrogen and oxygen atoms in total. The average molecular weight is 661 g/mol. The Labute approximate surface area is 230 Å². The van der Waals surface area contributed by atoms with Crippen LogP contribution in [0.5, 0.6) is 0 Å². The van der Waals surface area contributed by atoms with Gasteiger partial charge in [0.15, 0.2) is 0 Å². The van der Waals surface area contributed by atoms with Crippen LogP contribution in [0, 0.1) is 6.92 Å². The van der Waals surface area contributed by atoms with Crippen molar-refractivity contribution in [2.45, 2.75) is 91.9 Å². The zero-order valence-corrected chi connectivity index (χ0v) is 25.7. The minimum absolute atomic E-state index is 0.0970. The topological polar surface area (TPSA) is 43.6 Å². The molecule has 0 radical (unpaired) electrons. The van der Waals surface area contributed by atoms with E-state index in [1.54, 1.807) is 0 Å². The van der Waals surface area contributed by atoms with Crippen LogP contribution >= 0.6 is 0 Å². The van der Waals surface area contributed by atoms with E-state index in [1.807, 2.05) is 6.20 Å². The fourth-order valence-electron chi connectivity index (χ4n) is 4.99. The van der Waals surface area contributed by atoms with E-state index >= 15 is 0 Å². The molecule has 0 N–H and O–H groups in total. The molecule has 0 spiro atoms. The third-order valence-electron chi connectivity index (χ3n) is 7.22. The van der Waals surface area contributed by atoms with Crippen LogP contribution in [0.2, 0.25) is 13.3 Å². The predicted molar refractivity (Wildman–Crippen MR) is 144 cm³/mol. The number of unbranched alkanes of at least 4 members (excludes halogenated alkanes) is 3. The molecule has 0 atom stereocenters. The molecule has 11 heteroatoms. The first-order chi connectivity index (χ1) is 18.3. The molecule has 214 valence electrons. The Kier molecular flexibility index (Phi) is 10.5.